The zero-order valence-corrected chi connectivity index (χ0v) is 71.9. The molecule has 0 unspecified atom stereocenters. The molecule has 0 saturated heterocycles. The van der Waals surface area contributed by atoms with Gasteiger partial charge in [-0.15, -0.1) is 0 Å². The maximum absolute atomic E-state index is 12.2. The van der Waals surface area contributed by atoms with Gasteiger partial charge in [-0.3, -0.25) is 28.8 Å². The first-order valence-corrected chi connectivity index (χ1v) is 42.6. The van der Waals surface area contributed by atoms with Crippen LogP contribution >= 0.6 is 0 Å². The average molecular weight is 1840 g/mol. The third kappa shape index (κ3) is 21.9. The van der Waals surface area contributed by atoms with Crippen LogP contribution in [-0.4, -0.2) is 130 Å². The van der Waals surface area contributed by atoms with Crippen molar-refractivity contribution < 1.29 is 142 Å². The van der Waals surface area contributed by atoms with Crippen LogP contribution in [0.4, 0.5) is 11.4 Å². The van der Waals surface area contributed by atoms with E-state index in [4.69, 9.17) is 114 Å². The molecule has 12 aliphatic heterocycles. The molecule has 12 aromatic rings. The van der Waals surface area contributed by atoms with Crippen molar-refractivity contribution in [1.29, 1.82) is 0 Å². The summed E-state index contributed by atoms with van der Waals surface area (Å²) in [7, 11) is 0. The molecule has 0 spiro atoms. The van der Waals surface area contributed by atoms with Gasteiger partial charge >= 0.3 is 0 Å². The van der Waals surface area contributed by atoms with Crippen molar-refractivity contribution in [1.82, 2.24) is 21.3 Å². The van der Waals surface area contributed by atoms with Gasteiger partial charge < -0.3 is 146 Å². The molecule has 36 heteroatoms. The summed E-state index contributed by atoms with van der Waals surface area (Å²) in [6, 6.07) is 65.3. The van der Waals surface area contributed by atoms with Gasteiger partial charge in [0, 0.05) is 66.4 Å². The zero-order chi connectivity index (χ0) is 91.8. The quantitative estimate of drug-likeness (QED) is 0.0389. The SMILES string of the molecule is O=C(Cc1ccc2c(c1)OCO2)NCCc1ccc2c(c1)OCO2.O=C(Cc1ccc2c(c1)OCO2)NCc1ccc2c(c1)OCO2.O=C(Cc1ccc2c(c1)OCO2)Nc1ccc2c(c1)OCO2.O=C(NCCc1ccc2c(c1)OCO2)c1ccc2c(c1)OCO2.O=C(NCc1ccc2c(c1)OCO2)c1ccc2c(c1)OCO2.O=C(Nc1ccc2c(c1)OCO2)c1ccc2c(c1)OCO2. The molecule has 12 heterocycles. The van der Waals surface area contributed by atoms with Crippen LogP contribution in [0.1, 0.15) is 70.0 Å². The van der Waals surface area contributed by atoms with E-state index in [1.54, 1.807) is 91.0 Å². The molecule has 6 amide bonds. The molecule has 12 aliphatic rings. The Morgan fingerprint density at radius 2 is 0.407 bits per heavy atom. The molecule has 690 valence electrons. The maximum Gasteiger partial charge on any atom is 0.255 e. The van der Waals surface area contributed by atoms with Crippen LogP contribution in [0.2, 0.25) is 0 Å². The highest BCUT2D eigenvalue weighted by Gasteiger charge is 2.27. The molecule has 0 fully saturated rings. The van der Waals surface area contributed by atoms with Gasteiger partial charge in [0.25, 0.3) is 17.7 Å². The lowest BCUT2D eigenvalue weighted by atomic mass is 10.1. The van der Waals surface area contributed by atoms with Crippen molar-refractivity contribution in [3.05, 3.63) is 274 Å². The normalized spacial score (nSPS) is 14.0. The Morgan fingerprint density at radius 3 is 0.748 bits per heavy atom. The fourth-order valence-electron chi connectivity index (χ4n) is 14.9. The highest BCUT2D eigenvalue weighted by Crippen LogP contribution is 2.43. The highest BCUT2D eigenvalue weighted by molar-refractivity contribution is 6.05. The standard InChI is InChI=1S/C18H17NO5.2C17H15NO5.2C16H13NO5.C15H11NO5/c20-18(9-13-2-4-15-17(8-13)24-11-22-15)19-6-5-12-1-3-14-16(7-12)23-10-21-14;19-17(7-11-1-3-13-15(5-11)22-9-20-13)18-8-12-2-4-14-16(6-12)23-10-21-14;19-17(12-2-4-14-16(8-12)23-10-21-14)18-6-5-11-1-3-13-15(7-11)22-9-20-13;18-16(11-2-4-13-15(6-11)22-9-20-13)17-7-10-1-3-12-14(5-10)21-8-19-12;18-16(6-10-1-3-12-14(5-10)21-8-19-12)17-11-2-4-13-15(7-11)22-9-20-13;17-15(9-1-3-11-13(5-9)20-7-18-11)16-10-2-4-12-14(6-10)21-8-19-12/h1-4,7-8H,5-6,9-11H2,(H,19,20);1-6H,7-10H2,(H,18,19);1-4,7-8H,5-6,9-10H2,(H,18,19);1-6H,7-9H2,(H,17,18);1-5,7H,6,8-9H2,(H,17,18);1-6H,7-8H2,(H,16,17). The van der Waals surface area contributed by atoms with E-state index in [1.807, 2.05) is 127 Å². The van der Waals surface area contributed by atoms with Gasteiger partial charge in [-0.1, -0.05) is 42.5 Å². The first kappa shape index (κ1) is 87.0. The van der Waals surface area contributed by atoms with Crippen molar-refractivity contribution in [3.8, 4) is 138 Å². The molecular weight excluding hydrogens is 1750 g/mol. The van der Waals surface area contributed by atoms with Gasteiger partial charge in [-0.2, -0.15) is 0 Å². The van der Waals surface area contributed by atoms with Crippen LogP contribution in [-0.2, 0) is 59.6 Å². The van der Waals surface area contributed by atoms with Crippen molar-refractivity contribution in [2.75, 3.05) is 105 Å². The Hall–Kier alpha value is -17.3. The average Bonchev–Trinajstić information content (AvgIpc) is 1.73. The Balaban J connectivity index is 0.000000104. The molecule has 24 rings (SSSR count). The lowest BCUT2D eigenvalue weighted by molar-refractivity contribution is -0.121. The second-order valence-electron chi connectivity index (χ2n) is 30.8. The van der Waals surface area contributed by atoms with E-state index in [2.05, 4.69) is 31.9 Å². The van der Waals surface area contributed by atoms with Gasteiger partial charge in [-0.25, -0.2) is 0 Å². The first-order chi connectivity index (χ1) is 66.2. The monoisotopic (exact) mass is 1840 g/mol. The second kappa shape index (κ2) is 40.8. The van der Waals surface area contributed by atoms with E-state index in [9.17, 15) is 28.8 Å². The zero-order valence-electron chi connectivity index (χ0n) is 71.9. The van der Waals surface area contributed by atoms with E-state index in [0.717, 1.165) is 91.4 Å². The fraction of sp³-hybridized carbons (Fsp3) is 0.212. The smallest absolute Gasteiger partial charge is 0.255 e. The minimum atomic E-state index is -0.229. The summed E-state index contributed by atoms with van der Waals surface area (Å²) in [6.07, 6.45) is 2.32. The first-order valence-electron chi connectivity index (χ1n) is 42.6. The Morgan fingerprint density at radius 1 is 0.185 bits per heavy atom. The van der Waals surface area contributed by atoms with E-state index in [1.165, 1.54) is 0 Å². The van der Waals surface area contributed by atoms with Crippen molar-refractivity contribution >= 4 is 46.8 Å². The molecule has 135 heavy (non-hydrogen) atoms. The van der Waals surface area contributed by atoms with Crippen LogP contribution in [0, 0.1) is 0 Å². The number of fused-ring (bicyclic) bond motifs is 12. The summed E-state index contributed by atoms with van der Waals surface area (Å²) in [6.45, 7) is 4.66. The Labute approximate surface area is 769 Å². The molecule has 0 aromatic heterocycles. The van der Waals surface area contributed by atoms with Crippen molar-refractivity contribution in [2.24, 2.45) is 0 Å². The van der Waals surface area contributed by atoms with Crippen molar-refractivity contribution in [2.45, 2.75) is 45.2 Å². The molecule has 12 aromatic carbocycles. The summed E-state index contributed by atoms with van der Waals surface area (Å²) in [5.41, 5.74) is 9.65. The number of hydrogen-bond donors (Lipinski definition) is 6. The molecular formula is C99H84N6O30. The fourth-order valence-corrected chi connectivity index (χ4v) is 14.9. The van der Waals surface area contributed by atoms with Crippen LogP contribution in [0.25, 0.3) is 0 Å². The Kier molecular flexibility index (Phi) is 26.3. The summed E-state index contributed by atoms with van der Waals surface area (Å²) in [4.78, 5) is 72.9. The number of carbonyl (C=O) groups is 6. The summed E-state index contributed by atoms with van der Waals surface area (Å²) in [5, 5.41) is 17.2. The summed E-state index contributed by atoms with van der Waals surface area (Å²) >= 11 is 0. The molecule has 0 aliphatic carbocycles. The molecule has 0 atom stereocenters. The lowest BCUT2D eigenvalue weighted by Gasteiger charge is -2.07. The lowest BCUT2D eigenvalue weighted by Crippen LogP contribution is -2.27. The third-order valence-corrected chi connectivity index (χ3v) is 21.7. The van der Waals surface area contributed by atoms with Crippen LogP contribution in [0.15, 0.2) is 218 Å². The van der Waals surface area contributed by atoms with Gasteiger partial charge in [0.2, 0.25) is 99.2 Å². The number of carbonyl (C=O) groups excluding carboxylic acids is 6. The van der Waals surface area contributed by atoms with E-state index in [-0.39, 0.29) is 123 Å². The van der Waals surface area contributed by atoms with Gasteiger partial charge in [0.1, 0.15) is 0 Å². The largest absolute Gasteiger partial charge is 0.454 e. The molecule has 0 bridgehead atoms. The number of benzene rings is 12. The Bertz CT molecular complexity index is 6430. The number of nitrogens with one attached hydrogen (secondary N) is 6. The van der Waals surface area contributed by atoms with Crippen LogP contribution in [0.3, 0.4) is 0 Å². The number of ether oxygens (including phenoxy) is 24. The van der Waals surface area contributed by atoms with E-state index < -0.39 is 0 Å². The topological polar surface area (TPSA) is 396 Å². The third-order valence-electron chi connectivity index (χ3n) is 21.7. The van der Waals surface area contributed by atoms with Crippen LogP contribution < -0.4 is 146 Å². The highest BCUT2D eigenvalue weighted by atomic mass is 16.7. The number of rotatable bonds is 21. The molecule has 0 radical (unpaired) electrons. The van der Waals surface area contributed by atoms with E-state index >= 15 is 0 Å². The second-order valence-corrected chi connectivity index (χ2v) is 30.8. The minimum Gasteiger partial charge on any atom is -0.454 e. The molecule has 6 N–H and O–H groups in total. The predicted octanol–water partition coefficient (Wildman–Crippen LogP) is 13.0. The van der Waals surface area contributed by atoms with Crippen molar-refractivity contribution in [3.63, 3.8) is 0 Å². The van der Waals surface area contributed by atoms with Gasteiger partial charge in [0.05, 0.1) is 19.3 Å². The molecule has 0 saturated carbocycles. The maximum atomic E-state index is 12.2. The predicted molar refractivity (Wildman–Crippen MR) is 474 cm³/mol. The van der Waals surface area contributed by atoms with Gasteiger partial charge in [0.15, 0.2) is 138 Å². The number of amides is 6. The summed E-state index contributed by atoms with van der Waals surface area (Å²) in [5.74, 6) is 15.8. The number of anilines is 2. The molecule has 36 nitrogen and oxygen atoms in total. The van der Waals surface area contributed by atoms with Crippen LogP contribution in [0.5, 0.6) is 138 Å². The summed E-state index contributed by atoms with van der Waals surface area (Å²) < 4.78 is 127. The van der Waals surface area contributed by atoms with Gasteiger partial charge in [-0.05, 0) is 216 Å². The van der Waals surface area contributed by atoms with E-state index in [0.29, 0.717) is 165 Å². The number of hydrogen-bond acceptors (Lipinski definition) is 30. The minimum absolute atomic E-state index is 0.0189.